The molecular formula is C23H33N5O. The standard InChI is InChI=1S/C23H33N5O/c1-19(17-20-7-4-3-5-8-20)18-27-14-9-21(10-15-27)26-22-23(29)28(16-12-25-22)13-6-11-24-2/h3-5,7-8,12,16-17,21,24H,6,9-11,13-15,18H2,1-2H3,(H,25,26)/b19-17+. The Kier molecular flexibility index (Phi) is 8.02. The molecule has 156 valence electrons. The largest absolute Gasteiger partial charge is 0.363 e. The van der Waals surface area contributed by atoms with E-state index in [1.807, 2.05) is 13.1 Å². The molecule has 0 bridgehead atoms. The molecule has 0 amide bonds. The molecule has 1 aromatic carbocycles. The van der Waals surface area contributed by atoms with Crippen LogP contribution in [0.3, 0.4) is 0 Å². The van der Waals surface area contributed by atoms with Crippen molar-refractivity contribution in [2.75, 3.05) is 38.5 Å². The quantitative estimate of drug-likeness (QED) is 0.640. The minimum Gasteiger partial charge on any atom is -0.363 e. The van der Waals surface area contributed by atoms with E-state index in [-0.39, 0.29) is 5.56 Å². The maximum Gasteiger partial charge on any atom is 0.293 e. The van der Waals surface area contributed by atoms with Crippen LogP contribution in [0.25, 0.3) is 6.08 Å². The predicted molar refractivity (Wildman–Crippen MR) is 120 cm³/mol. The van der Waals surface area contributed by atoms with Crippen molar-refractivity contribution in [3.63, 3.8) is 0 Å². The molecule has 0 aliphatic carbocycles. The molecule has 2 N–H and O–H groups in total. The zero-order valence-corrected chi connectivity index (χ0v) is 17.6. The number of rotatable bonds is 9. The first-order chi connectivity index (χ1) is 14.2. The monoisotopic (exact) mass is 395 g/mol. The zero-order chi connectivity index (χ0) is 20.5. The molecule has 29 heavy (non-hydrogen) atoms. The van der Waals surface area contributed by atoms with E-state index in [1.54, 1.807) is 17.0 Å². The Morgan fingerprint density at radius 3 is 2.72 bits per heavy atom. The summed E-state index contributed by atoms with van der Waals surface area (Å²) in [4.78, 5) is 19.4. The summed E-state index contributed by atoms with van der Waals surface area (Å²) < 4.78 is 1.75. The number of benzene rings is 1. The van der Waals surface area contributed by atoms with E-state index in [0.29, 0.717) is 18.4 Å². The van der Waals surface area contributed by atoms with E-state index in [1.165, 1.54) is 11.1 Å². The molecular weight excluding hydrogens is 362 g/mol. The van der Waals surface area contributed by atoms with Crippen molar-refractivity contribution < 1.29 is 0 Å². The van der Waals surface area contributed by atoms with Crippen molar-refractivity contribution in [1.82, 2.24) is 19.8 Å². The molecule has 2 aromatic rings. The molecule has 6 heteroatoms. The third-order valence-corrected chi connectivity index (χ3v) is 5.35. The molecule has 0 radical (unpaired) electrons. The third kappa shape index (κ3) is 6.54. The van der Waals surface area contributed by atoms with Gasteiger partial charge in [0.25, 0.3) is 5.56 Å². The lowest BCUT2D eigenvalue weighted by Gasteiger charge is -2.32. The molecule has 3 rings (SSSR count). The molecule has 6 nitrogen and oxygen atoms in total. The van der Waals surface area contributed by atoms with Gasteiger partial charge in [-0.05, 0) is 45.3 Å². The number of aromatic nitrogens is 2. The number of hydrogen-bond acceptors (Lipinski definition) is 5. The van der Waals surface area contributed by atoms with Crippen molar-refractivity contribution in [3.05, 3.63) is 64.2 Å². The minimum absolute atomic E-state index is 0.0207. The van der Waals surface area contributed by atoms with E-state index in [9.17, 15) is 4.79 Å². The lowest BCUT2D eigenvalue weighted by atomic mass is 10.0. The fourth-order valence-corrected chi connectivity index (χ4v) is 3.81. The predicted octanol–water partition coefficient (Wildman–Crippen LogP) is 2.83. The summed E-state index contributed by atoms with van der Waals surface area (Å²) in [7, 11) is 1.92. The van der Waals surface area contributed by atoms with Gasteiger partial charge < -0.3 is 15.2 Å². The molecule has 1 fully saturated rings. The van der Waals surface area contributed by atoms with Gasteiger partial charge in [-0.1, -0.05) is 42.0 Å². The maximum absolute atomic E-state index is 12.6. The highest BCUT2D eigenvalue weighted by molar-refractivity contribution is 5.52. The van der Waals surface area contributed by atoms with E-state index < -0.39 is 0 Å². The van der Waals surface area contributed by atoms with Gasteiger partial charge in [0, 0.05) is 44.6 Å². The molecule has 1 aliphatic heterocycles. The average Bonchev–Trinajstić information content (AvgIpc) is 2.73. The summed E-state index contributed by atoms with van der Waals surface area (Å²) in [5.74, 6) is 0.482. The maximum atomic E-state index is 12.6. The highest BCUT2D eigenvalue weighted by atomic mass is 16.1. The van der Waals surface area contributed by atoms with Gasteiger partial charge in [-0.3, -0.25) is 9.69 Å². The molecule has 0 atom stereocenters. The first-order valence-electron chi connectivity index (χ1n) is 10.6. The zero-order valence-electron chi connectivity index (χ0n) is 17.6. The van der Waals surface area contributed by atoms with Gasteiger partial charge in [0.2, 0.25) is 0 Å². The van der Waals surface area contributed by atoms with Gasteiger partial charge in [-0.15, -0.1) is 0 Å². The summed E-state index contributed by atoms with van der Waals surface area (Å²) in [5, 5.41) is 6.51. The summed E-state index contributed by atoms with van der Waals surface area (Å²) >= 11 is 0. The van der Waals surface area contributed by atoms with Crippen LogP contribution in [0, 0.1) is 0 Å². The second kappa shape index (κ2) is 10.9. The van der Waals surface area contributed by atoms with Crippen LogP contribution in [-0.2, 0) is 6.54 Å². The van der Waals surface area contributed by atoms with E-state index in [2.05, 4.69) is 57.8 Å². The third-order valence-electron chi connectivity index (χ3n) is 5.35. The number of hydrogen-bond donors (Lipinski definition) is 2. The lowest BCUT2D eigenvalue weighted by molar-refractivity contribution is 0.236. The van der Waals surface area contributed by atoms with Crippen molar-refractivity contribution in [2.45, 2.75) is 38.8 Å². The minimum atomic E-state index is -0.0207. The Hall–Kier alpha value is -2.44. The Bertz CT molecular complexity index is 838. The van der Waals surface area contributed by atoms with Crippen molar-refractivity contribution in [1.29, 1.82) is 0 Å². The van der Waals surface area contributed by atoms with Gasteiger partial charge in [0.1, 0.15) is 0 Å². The number of likely N-dealkylation sites (tertiary alicyclic amines) is 1. The summed E-state index contributed by atoms with van der Waals surface area (Å²) in [5.41, 5.74) is 2.60. The average molecular weight is 396 g/mol. The van der Waals surface area contributed by atoms with Gasteiger partial charge in [0.05, 0.1) is 0 Å². The number of aryl methyl sites for hydroxylation is 1. The number of piperidine rings is 1. The molecule has 0 saturated carbocycles. The fourth-order valence-electron chi connectivity index (χ4n) is 3.81. The van der Waals surface area contributed by atoms with Crippen LogP contribution in [0.1, 0.15) is 31.7 Å². The Labute approximate surface area is 173 Å². The van der Waals surface area contributed by atoms with E-state index in [0.717, 1.165) is 45.4 Å². The van der Waals surface area contributed by atoms with Crippen LogP contribution >= 0.6 is 0 Å². The van der Waals surface area contributed by atoms with Crippen molar-refractivity contribution in [3.8, 4) is 0 Å². The van der Waals surface area contributed by atoms with Crippen LogP contribution in [0.5, 0.6) is 0 Å². The van der Waals surface area contributed by atoms with Gasteiger partial charge >= 0.3 is 0 Å². The molecule has 1 saturated heterocycles. The summed E-state index contributed by atoms with van der Waals surface area (Å²) in [6.07, 6.45) is 8.72. The first-order valence-corrected chi connectivity index (χ1v) is 10.6. The molecule has 1 aliphatic rings. The van der Waals surface area contributed by atoms with Crippen LogP contribution in [-0.4, -0.2) is 53.7 Å². The highest BCUT2D eigenvalue weighted by Gasteiger charge is 2.20. The van der Waals surface area contributed by atoms with Gasteiger partial charge in [-0.25, -0.2) is 4.98 Å². The molecule has 2 heterocycles. The van der Waals surface area contributed by atoms with Gasteiger partial charge in [0.15, 0.2) is 5.82 Å². The number of anilines is 1. The Morgan fingerprint density at radius 1 is 1.24 bits per heavy atom. The lowest BCUT2D eigenvalue weighted by Crippen LogP contribution is -2.41. The SMILES string of the molecule is CNCCCn1ccnc(NC2CCN(C/C(C)=C/c3ccccc3)CC2)c1=O. The Morgan fingerprint density at radius 2 is 2.00 bits per heavy atom. The van der Waals surface area contributed by atoms with Crippen LogP contribution in [0.4, 0.5) is 5.82 Å². The second-order valence-corrected chi connectivity index (χ2v) is 7.83. The fraction of sp³-hybridized carbons (Fsp3) is 0.478. The second-order valence-electron chi connectivity index (χ2n) is 7.83. The van der Waals surface area contributed by atoms with Crippen LogP contribution < -0.4 is 16.2 Å². The summed E-state index contributed by atoms with van der Waals surface area (Å²) in [6, 6.07) is 10.8. The highest BCUT2D eigenvalue weighted by Crippen LogP contribution is 2.16. The summed E-state index contributed by atoms with van der Waals surface area (Å²) in [6.45, 7) is 6.85. The first kappa shape index (κ1) is 21.3. The molecule has 0 unspecified atom stereocenters. The Balaban J connectivity index is 1.49. The number of nitrogens with one attached hydrogen (secondary N) is 2. The number of nitrogens with zero attached hydrogens (tertiary/aromatic N) is 3. The topological polar surface area (TPSA) is 62.2 Å². The molecule has 1 aromatic heterocycles. The van der Waals surface area contributed by atoms with E-state index in [4.69, 9.17) is 0 Å². The molecule has 0 spiro atoms. The smallest absolute Gasteiger partial charge is 0.293 e. The van der Waals surface area contributed by atoms with Crippen molar-refractivity contribution >= 4 is 11.9 Å². The normalized spacial score (nSPS) is 16.1. The van der Waals surface area contributed by atoms with Crippen molar-refractivity contribution in [2.24, 2.45) is 0 Å². The van der Waals surface area contributed by atoms with Crippen LogP contribution in [0.15, 0.2) is 53.1 Å². The van der Waals surface area contributed by atoms with Crippen LogP contribution in [0.2, 0.25) is 0 Å². The van der Waals surface area contributed by atoms with Gasteiger partial charge in [-0.2, -0.15) is 0 Å². The van der Waals surface area contributed by atoms with E-state index >= 15 is 0 Å².